The van der Waals surface area contributed by atoms with Crippen LogP contribution in [-0.4, -0.2) is 86.9 Å². The zero-order chi connectivity index (χ0) is 19.9. The third kappa shape index (κ3) is 5.76. The molecule has 0 amide bonds. The van der Waals surface area contributed by atoms with E-state index in [1.807, 2.05) is 6.92 Å². The maximum Gasteiger partial charge on any atom is 0.511 e. The molecule has 0 spiro atoms. The lowest BCUT2D eigenvalue weighted by Crippen LogP contribution is -2.48. The number of rotatable bonds is 9. The maximum atomic E-state index is 12.8. The third-order valence-corrected chi connectivity index (χ3v) is 6.00. The Morgan fingerprint density at radius 3 is 2.56 bits per heavy atom. The molecule has 2 rings (SSSR count). The SMILES string of the molecule is CCN1CCN(S(=O)(=O)c2cnc(OCCCOC)c(OC(=O)O)c2)CC1. The van der Waals surface area contributed by atoms with Crippen molar-refractivity contribution in [1.82, 2.24) is 14.2 Å². The minimum atomic E-state index is -3.80. The van der Waals surface area contributed by atoms with Gasteiger partial charge in [0.15, 0.2) is 5.75 Å². The molecule has 1 fully saturated rings. The Bertz CT molecular complexity index is 734. The number of likely N-dealkylation sites (N-methyl/N-ethyl adjacent to an activating group) is 1. The number of sulfonamides is 1. The Kier molecular flexibility index (Phi) is 7.78. The Hall–Kier alpha value is -1.95. The average molecular weight is 403 g/mol. The second kappa shape index (κ2) is 9.83. The lowest BCUT2D eigenvalue weighted by atomic mass is 10.4. The van der Waals surface area contributed by atoms with Crippen LogP contribution >= 0.6 is 0 Å². The topological polar surface area (TPSA) is 119 Å². The summed E-state index contributed by atoms with van der Waals surface area (Å²) < 4.78 is 42.0. The number of carboxylic acid groups (broad SMARTS) is 1. The van der Waals surface area contributed by atoms with Gasteiger partial charge in [-0.05, 0) is 6.54 Å². The van der Waals surface area contributed by atoms with Crippen molar-refractivity contribution in [3.05, 3.63) is 12.3 Å². The zero-order valence-electron chi connectivity index (χ0n) is 15.5. The summed E-state index contributed by atoms with van der Waals surface area (Å²) in [5.41, 5.74) is 0. The minimum Gasteiger partial charge on any atom is -0.475 e. The second-order valence-corrected chi connectivity index (χ2v) is 7.81. The highest BCUT2D eigenvalue weighted by molar-refractivity contribution is 7.89. The van der Waals surface area contributed by atoms with Crippen LogP contribution in [0.25, 0.3) is 0 Å². The van der Waals surface area contributed by atoms with Crippen LogP contribution in [-0.2, 0) is 14.8 Å². The molecule has 1 aliphatic rings. The first-order valence-corrected chi connectivity index (χ1v) is 10.1. The van der Waals surface area contributed by atoms with E-state index in [4.69, 9.17) is 14.6 Å². The van der Waals surface area contributed by atoms with Crippen molar-refractivity contribution in [2.45, 2.75) is 18.2 Å². The number of aromatic nitrogens is 1. The Labute approximate surface area is 158 Å². The summed E-state index contributed by atoms with van der Waals surface area (Å²) in [7, 11) is -2.25. The van der Waals surface area contributed by atoms with Crippen LogP contribution in [0.4, 0.5) is 4.79 Å². The predicted molar refractivity (Wildman–Crippen MR) is 95.8 cm³/mol. The lowest BCUT2D eigenvalue weighted by Gasteiger charge is -2.33. The largest absolute Gasteiger partial charge is 0.511 e. The van der Waals surface area contributed by atoms with Crippen molar-refractivity contribution in [1.29, 1.82) is 0 Å². The van der Waals surface area contributed by atoms with Gasteiger partial charge in [-0.15, -0.1) is 0 Å². The second-order valence-electron chi connectivity index (χ2n) is 5.88. The first kappa shape index (κ1) is 21.4. The van der Waals surface area contributed by atoms with E-state index in [-0.39, 0.29) is 23.1 Å². The number of hydrogen-bond donors (Lipinski definition) is 1. The predicted octanol–water partition coefficient (Wildman–Crippen LogP) is 0.880. The molecule has 0 aromatic carbocycles. The molecule has 0 aliphatic carbocycles. The van der Waals surface area contributed by atoms with Gasteiger partial charge < -0.3 is 24.2 Å². The normalized spacial score (nSPS) is 16.2. The Morgan fingerprint density at radius 1 is 1.26 bits per heavy atom. The summed E-state index contributed by atoms with van der Waals surface area (Å²) in [6.45, 7) is 5.58. The molecule has 0 bridgehead atoms. The quantitative estimate of drug-likeness (QED) is 0.473. The Balaban J connectivity index is 2.19. The number of piperazine rings is 1. The maximum absolute atomic E-state index is 12.8. The number of methoxy groups -OCH3 is 1. The zero-order valence-corrected chi connectivity index (χ0v) is 16.3. The number of nitrogens with zero attached hydrogens (tertiary/aromatic N) is 3. The van der Waals surface area contributed by atoms with E-state index in [9.17, 15) is 13.2 Å². The van der Waals surface area contributed by atoms with Crippen molar-refractivity contribution < 1.29 is 32.5 Å². The van der Waals surface area contributed by atoms with Gasteiger partial charge in [-0.2, -0.15) is 4.31 Å². The first-order valence-electron chi connectivity index (χ1n) is 8.63. The number of hydrogen-bond acceptors (Lipinski definition) is 8. The summed E-state index contributed by atoms with van der Waals surface area (Å²) in [4.78, 5) is 16.9. The molecule has 11 heteroatoms. The minimum absolute atomic E-state index is 0.0803. The van der Waals surface area contributed by atoms with Crippen LogP contribution in [0.2, 0.25) is 0 Å². The van der Waals surface area contributed by atoms with Gasteiger partial charge in [0.05, 0.1) is 12.8 Å². The van der Waals surface area contributed by atoms with Crippen LogP contribution in [0.15, 0.2) is 17.2 Å². The van der Waals surface area contributed by atoms with Crippen molar-refractivity contribution in [3.63, 3.8) is 0 Å². The third-order valence-electron chi connectivity index (χ3n) is 4.14. The number of ether oxygens (including phenoxy) is 3. The number of pyridine rings is 1. The molecule has 1 aromatic heterocycles. The summed E-state index contributed by atoms with van der Waals surface area (Å²) >= 11 is 0. The molecule has 0 radical (unpaired) electrons. The highest BCUT2D eigenvalue weighted by Gasteiger charge is 2.29. The van der Waals surface area contributed by atoms with Crippen molar-refractivity contribution in [3.8, 4) is 11.6 Å². The Morgan fingerprint density at radius 2 is 1.96 bits per heavy atom. The summed E-state index contributed by atoms with van der Waals surface area (Å²) in [5.74, 6) is -0.337. The molecule has 0 atom stereocenters. The van der Waals surface area contributed by atoms with Gasteiger partial charge >= 0.3 is 6.16 Å². The van der Waals surface area contributed by atoms with Crippen LogP contribution in [0, 0.1) is 0 Å². The van der Waals surface area contributed by atoms with Gasteiger partial charge in [-0.25, -0.2) is 18.2 Å². The van der Waals surface area contributed by atoms with Crippen LogP contribution < -0.4 is 9.47 Å². The smallest absolute Gasteiger partial charge is 0.475 e. The lowest BCUT2D eigenvalue weighted by molar-refractivity contribution is 0.139. The molecule has 1 N–H and O–H groups in total. The van der Waals surface area contributed by atoms with Gasteiger partial charge in [0.1, 0.15) is 4.90 Å². The summed E-state index contributed by atoms with van der Waals surface area (Å²) in [6, 6.07) is 1.13. The van der Waals surface area contributed by atoms with E-state index in [0.29, 0.717) is 39.2 Å². The fraction of sp³-hybridized carbons (Fsp3) is 0.625. The molecule has 1 saturated heterocycles. The summed E-state index contributed by atoms with van der Waals surface area (Å²) in [5, 5.41) is 8.91. The molecule has 27 heavy (non-hydrogen) atoms. The number of carbonyl (C=O) groups is 1. The average Bonchev–Trinajstić information content (AvgIpc) is 2.65. The highest BCUT2D eigenvalue weighted by Crippen LogP contribution is 2.29. The molecular weight excluding hydrogens is 378 g/mol. The fourth-order valence-corrected chi connectivity index (χ4v) is 4.02. The monoisotopic (exact) mass is 403 g/mol. The molecule has 1 aliphatic heterocycles. The molecule has 10 nitrogen and oxygen atoms in total. The van der Waals surface area contributed by atoms with Crippen LogP contribution in [0.1, 0.15) is 13.3 Å². The van der Waals surface area contributed by atoms with Crippen molar-refractivity contribution in [2.75, 3.05) is 53.0 Å². The highest BCUT2D eigenvalue weighted by atomic mass is 32.2. The van der Waals surface area contributed by atoms with Crippen molar-refractivity contribution in [2.24, 2.45) is 0 Å². The van der Waals surface area contributed by atoms with Gasteiger partial charge in [-0.1, -0.05) is 6.92 Å². The van der Waals surface area contributed by atoms with Gasteiger partial charge in [0, 0.05) is 52.4 Å². The van der Waals surface area contributed by atoms with Crippen LogP contribution in [0.5, 0.6) is 11.6 Å². The van der Waals surface area contributed by atoms with Gasteiger partial charge in [-0.3, -0.25) is 0 Å². The first-order chi connectivity index (χ1) is 12.9. The van der Waals surface area contributed by atoms with E-state index in [1.54, 1.807) is 7.11 Å². The van der Waals surface area contributed by atoms with Gasteiger partial charge in [0.2, 0.25) is 10.0 Å². The van der Waals surface area contributed by atoms with Gasteiger partial charge in [0.25, 0.3) is 5.88 Å². The molecule has 1 aromatic rings. The van der Waals surface area contributed by atoms with E-state index in [1.165, 1.54) is 4.31 Å². The summed E-state index contributed by atoms with van der Waals surface area (Å²) in [6.07, 6.45) is 0.138. The van der Waals surface area contributed by atoms with Crippen molar-refractivity contribution >= 4 is 16.2 Å². The van der Waals surface area contributed by atoms with E-state index in [2.05, 4.69) is 14.6 Å². The van der Waals surface area contributed by atoms with E-state index < -0.39 is 16.2 Å². The van der Waals surface area contributed by atoms with Crippen LogP contribution in [0.3, 0.4) is 0 Å². The molecule has 2 heterocycles. The molecule has 152 valence electrons. The standard InChI is InChI=1S/C16H25N3O7S/c1-3-18-5-7-19(8-6-18)27(22,23)13-11-14(26-16(20)21)15(17-12-13)25-10-4-9-24-2/h11-12H,3-10H2,1-2H3,(H,20,21). The van der Waals surface area contributed by atoms with E-state index in [0.717, 1.165) is 18.8 Å². The molecule has 0 unspecified atom stereocenters. The fourth-order valence-electron chi connectivity index (χ4n) is 2.64. The van der Waals surface area contributed by atoms with E-state index >= 15 is 0 Å². The molecule has 0 saturated carbocycles. The molecular formula is C16H25N3O7S.